The maximum atomic E-state index is 13.0. The Kier molecular flexibility index (Phi) is 10.1. The quantitative estimate of drug-likeness (QED) is 0.110. The number of benzene rings is 7. The van der Waals surface area contributed by atoms with Crippen LogP contribution in [0, 0.1) is 34.6 Å². The first kappa shape index (κ1) is 35.5. The second-order valence-electron chi connectivity index (χ2n) is 14.8. The summed E-state index contributed by atoms with van der Waals surface area (Å²) in [5, 5.41) is 2.18. The fraction of sp³-hybridized carbons (Fsp3) is 0.176. The molecule has 2 heteroatoms. The Hall–Kier alpha value is -5.86. The lowest BCUT2D eigenvalue weighted by molar-refractivity contribution is -0.111. The predicted octanol–water partition coefficient (Wildman–Crippen LogP) is 13.1. The Morgan fingerprint density at radius 2 is 0.849 bits per heavy atom. The van der Waals surface area contributed by atoms with E-state index in [9.17, 15) is 4.79 Å². The monoisotopic (exact) mass is 689 g/mol. The van der Waals surface area contributed by atoms with E-state index in [1.807, 2.05) is 6.92 Å². The van der Waals surface area contributed by atoms with Crippen molar-refractivity contribution in [1.82, 2.24) is 0 Å². The first-order valence-electron chi connectivity index (χ1n) is 18.6. The van der Waals surface area contributed by atoms with Crippen LogP contribution in [0.15, 0.2) is 151 Å². The molecule has 53 heavy (non-hydrogen) atoms. The van der Waals surface area contributed by atoms with Crippen LogP contribution in [0.2, 0.25) is 0 Å². The molecule has 0 N–H and O–H groups in total. The topological polar surface area (TPSA) is 29.4 Å². The van der Waals surface area contributed by atoms with Gasteiger partial charge in [-0.1, -0.05) is 173 Å². The predicted molar refractivity (Wildman–Crippen MR) is 224 cm³/mol. The summed E-state index contributed by atoms with van der Waals surface area (Å²) in [5.74, 6) is -0.254. The number of nitrogens with zero attached hydrogens (tertiary/aromatic N) is 1. The lowest BCUT2D eigenvalue weighted by Crippen LogP contribution is -2.11. The molecular formula is C51H47NO. The zero-order valence-electron chi connectivity index (χ0n) is 31.9. The lowest BCUT2D eigenvalue weighted by Gasteiger charge is -2.28. The summed E-state index contributed by atoms with van der Waals surface area (Å²) in [6.07, 6.45) is 0. The number of aryl methyl sites for hydroxylation is 5. The molecule has 262 valence electrons. The Labute approximate surface area is 314 Å². The summed E-state index contributed by atoms with van der Waals surface area (Å²) < 4.78 is 0. The zero-order valence-corrected chi connectivity index (χ0v) is 31.9. The van der Waals surface area contributed by atoms with Crippen molar-refractivity contribution in [3.63, 3.8) is 0 Å². The van der Waals surface area contributed by atoms with Gasteiger partial charge in [0.05, 0.1) is 11.4 Å². The molecule has 0 saturated heterocycles. The van der Waals surface area contributed by atoms with E-state index in [0.29, 0.717) is 5.71 Å². The van der Waals surface area contributed by atoms with E-state index in [4.69, 9.17) is 4.99 Å². The Bertz CT molecular complexity index is 2340. The van der Waals surface area contributed by atoms with Crippen LogP contribution in [0.1, 0.15) is 86.9 Å². The van der Waals surface area contributed by atoms with Gasteiger partial charge in [-0.2, -0.15) is 0 Å². The van der Waals surface area contributed by atoms with Gasteiger partial charge in [0.15, 0.2) is 5.78 Å². The molecule has 0 radical (unpaired) electrons. The van der Waals surface area contributed by atoms with Gasteiger partial charge in [0.1, 0.15) is 0 Å². The van der Waals surface area contributed by atoms with E-state index in [1.165, 1.54) is 55.6 Å². The Morgan fingerprint density at radius 1 is 0.472 bits per heavy atom. The van der Waals surface area contributed by atoms with Gasteiger partial charge in [0.25, 0.3) is 0 Å². The average molecular weight is 690 g/mol. The molecule has 0 heterocycles. The number of hydrogen-bond acceptors (Lipinski definition) is 2. The summed E-state index contributed by atoms with van der Waals surface area (Å²) in [7, 11) is 0. The SMILES string of the molecule is CC(=O)C(C)=Nc1c(C(c2ccc(C)cc2)c2ccc(C)cc2)cc(C(c2ccc(C)cc2)c2ccc(C)cc2)c2cccc(-c3ccc(C)cc3)c12. The molecule has 0 spiro atoms. The van der Waals surface area contributed by atoms with Crippen molar-refractivity contribution in [3.05, 3.63) is 207 Å². The van der Waals surface area contributed by atoms with E-state index in [2.05, 4.69) is 180 Å². The van der Waals surface area contributed by atoms with E-state index in [1.54, 1.807) is 6.92 Å². The third-order valence-electron chi connectivity index (χ3n) is 10.6. The van der Waals surface area contributed by atoms with Crippen LogP contribution in [0.5, 0.6) is 0 Å². The maximum Gasteiger partial charge on any atom is 0.173 e. The molecule has 7 rings (SSSR count). The van der Waals surface area contributed by atoms with E-state index in [0.717, 1.165) is 33.2 Å². The van der Waals surface area contributed by atoms with Crippen LogP contribution < -0.4 is 0 Å². The van der Waals surface area contributed by atoms with E-state index < -0.39 is 0 Å². The molecule has 0 unspecified atom stereocenters. The third kappa shape index (κ3) is 7.41. The number of aliphatic imine (C=N–C) groups is 1. The summed E-state index contributed by atoms with van der Waals surface area (Å²) >= 11 is 0. The molecule has 0 aliphatic rings. The lowest BCUT2D eigenvalue weighted by atomic mass is 9.76. The minimum Gasteiger partial charge on any atom is -0.293 e. The van der Waals surface area contributed by atoms with Gasteiger partial charge in [-0.25, -0.2) is 4.99 Å². The van der Waals surface area contributed by atoms with Crippen molar-refractivity contribution < 1.29 is 4.79 Å². The van der Waals surface area contributed by atoms with Gasteiger partial charge in [-0.15, -0.1) is 0 Å². The van der Waals surface area contributed by atoms with Gasteiger partial charge < -0.3 is 0 Å². The summed E-state index contributed by atoms with van der Waals surface area (Å²) in [6.45, 7) is 14.1. The first-order valence-corrected chi connectivity index (χ1v) is 18.6. The maximum absolute atomic E-state index is 13.0. The summed E-state index contributed by atoms with van der Waals surface area (Å²) in [4.78, 5) is 18.4. The van der Waals surface area contributed by atoms with Crippen molar-refractivity contribution in [1.29, 1.82) is 0 Å². The fourth-order valence-corrected chi connectivity index (χ4v) is 7.44. The van der Waals surface area contributed by atoms with Gasteiger partial charge >= 0.3 is 0 Å². The van der Waals surface area contributed by atoms with Gasteiger partial charge in [-0.3, -0.25) is 4.79 Å². The highest BCUT2D eigenvalue weighted by Gasteiger charge is 2.29. The minimum atomic E-state index is -0.152. The number of carbonyl (C=O) groups excluding carboxylic acids is 1. The van der Waals surface area contributed by atoms with Gasteiger partial charge in [-0.05, 0) is 91.4 Å². The van der Waals surface area contributed by atoms with E-state index in [-0.39, 0.29) is 17.6 Å². The van der Waals surface area contributed by atoms with Gasteiger partial charge in [0, 0.05) is 24.1 Å². The van der Waals surface area contributed by atoms with Crippen molar-refractivity contribution in [2.45, 2.75) is 60.3 Å². The summed E-state index contributed by atoms with van der Waals surface area (Å²) in [5.41, 5.74) is 16.7. The molecule has 7 aromatic rings. The fourth-order valence-electron chi connectivity index (χ4n) is 7.44. The minimum absolute atomic E-state index is 0.0413. The molecule has 0 amide bonds. The van der Waals surface area contributed by atoms with Gasteiger partial charge in [0.2, 0.25) is 0 Å². The molecule has 0 saturated carbocycles. The Balaban J connectivity index is 1.69. The molecule has 0 aliphatic heterocycles. The normalized spacial score (nSPS) is 11.8. The van der Waals surface area contributed by atoms with Crippen LogP contribution in [-0.4, -0.2) is 11.5 Å². The average Bonchev–Trinajstić information content (AvgIpc) is 3.16. The van der Waals surface area contributed by atoms with Crippen molar-refractivity contribution >= 4 is 28.0 Å². The second-order valence-corrected chi connectivity index (χ2v) is 14.8. The highest BCUT2D eigenvalue weighted by atomic mass is 16.1. The Morgan fingerprint density at radius 3 is 1.25 bits per heavy atom. The number of hydrogen-bond donors (Lipinski definition) is 0. The molecule has 0 fully saturated rings. The molecule has 0 aromatic heterocycles. The zero-order chi connectivity index (χ0) is 37.2. The van der Waals surface area contributed by atoms with Crippen LogP contribution >= 0.6 is 0 Å². The number of carbonyl (C=O) groups is 1. The molecule has 0 bridgehead atoms. The highest BCUT2D eigenvalue weighted by molar-refractivity contribution is 6.38. The van der Waals surface area contributed by atoms with E-state index >= 15 is 0 Å². The molecule has 7 aromatic carbocycles. The van der Waals surface area contributed by atoms with Crippen LogP contribution in [0.3, 0.4) is 0 Å². The number of ketones is 1. The molecular weight excluding hydrogens is 643 g/mol. The van der Waals surface area contributed by atoms with Crippen LogP contribution in [0.4, 0.5) is 5.69 Å². The third-order valence-corrected chi connectivity index (χ3v) is 10.6. The molecule has 2 nitrogen and oxygen atoms in total. The van der Waals surface area contributed by atoms with Crippen molar-refractivity contribution in [2.75, 3.05) is 0 Å². The molecule has 0 aliphatic carbocycles. The smallest absolute Gasteiger partial charge is 0.173 e. The number of Topliss-reactive ketones (excluding diaryl/α,β-unsaturated/α-hetero) is 1. The van der Waals surface area contributed by atoms with Crippen molar-refractivity contribution in [3.8, 4) is 11.1 Å². The van der Waals surface area contributed by atoms with Crippen LogP contribution in [-0.2, 0) is 4.79 Å². The van der Waals surface area contributed by atoms with Crippen LogP contribution in [0.25, 0.3) is 21.9 Å². The largest absolute Gasteiger partial charge is 0.293 e. The highest BCUT2D eigenvalue weighted by Crippen LogP contribution is 2.49. The van der Waals surface area contributed by atoms with Crippen molar-refractivity contribution in [2.24, 2.45) is 4.99 Å². The first-order chi connectivity index (χ1) is 25.6. The summed E-state index contributed by atoms with van der Waals surface area (Å²) in [6, 6.07) is 53.5. The number of rotatable bonds is 9. The number of fused-ring (bicyclic) bond motifs is 1. The standard InChI is InChI=1S/C51H47NO/c1-32-11-21-39(22-12-32)44-9-8-10-45-46(48(40-23-13-33(2)14-24-40)41-25-15-34(3)16-26-41)31-47(51(50(44)45)52-37(6)38(7)53)49(42-27-17-35(4)18-28-42)43-29-19-36(5)20-30-43/h8-31,48-49H,1-7H3. The molecule has 0 atom stereocenters. The second kappa shape index (κ2) is 15.0.